The smallest absolute Gasteiger partial charge is 0.382 e. The number of rotatable bonds is 4. The fourth-order valence-electron chi connectivity index (χ4n) is 4.04. The molecule has 2 aliphatic rings. The Balaban J connectivity index is 1.49. The van der Waals surface area contributed by atoms with E-state index in [0.717, 1.165) is 0 Å². The number of fused-ring (bicyclic) bond motifs is 1. The maximum absolute atomic E-state index is 13.5. The SMILES string of the molecule is C#CNc1nccc(NC(=O)N2c3nc(-c4cccc(C5(C(F)(F)F)N=N5)c4)ccc3NCC[C@H]2C)n1. The summed E-state index contributed by atoms with van der Waals surface area (Å²) in [4.78, 5) is 27.7. The molecular formula is C24H20F3N9O. The number of hydrogen-bond donors (Lipinski definition) is 3. The molecule has 2 aromatic heterocycles. The predicted octanol–water partition coefficient (Wildman–Crippen LogP) is 4.96. The summed E-state index contributed by atoms with van der Waals surface area (Å²) in [5.74, 6) is 0.701. The molecule has 10 nitrogen and oxygen atoms in total. The standard InChI is InChI=1S/C24H20F3N9O/c1-3-28-21-30-12-10-19(32-21)33-22(37)36-14(2)9-11-29-18-8-7-17(31-20(18)36)15-5-4-6-16(13-15)23(34-35-23)24(25,26)27/h1,4-8,10,12-14,29H,9,11H2,2H3,(H2,28,30,32,33,37)/t14-/m1/s1. The van der Waals surface area contributed by atoms with Crippen LogP contribution in [0.3, 0.4) is 0 Å². The Kier molecular flexibility index (Phi) is 5.87. The molecule has 0 saturated carbocycles. The molecule has 5 rings (SSSR count). The van der Waals surface area contributed by atoms with Crippen molar-refractivity contribution in [3.05, 3.63) is 54.2 Å². The van der Waals surface area contributed by atoms with Gasteiger partial charge in [-0.15, -0.1) is 10.2 Å². The van der Waals surface area contributed by atoms with Gasteiger partial charge in [0, 0.05) is 36.0 Å². The molecule has 13 heteroatoms. The van der Waals surface area contributed by atoms with Crippen molar-refractivity contribution in [2.75, 3.05) is 27.4 Å². The fourth-order valence-corrected chi connectivity index (χ4v) is 4.04. The van der Waals surface area contributed by atoms with Crippen LogP contribution >= 0.6 is 0 Å². The highest BCUT2D eigenvalue weighted by atomic mass is 19.4. The number of hydrogen-bond acceptors (Lipinski definition) is 8. The van der Waals surface area contributed by atoms with E-state index in [9.17, 15) is 18.0 Å². The summed E-state index contributed by atoms with van der Waals surface area (Å²) in [6, 6.07) is 12.2. The molecule has 0 saturated heterocycles. The maximum atomic E-state index is 13.5. The molecule has 4 heterocycles. The lowest BCUT2D eigenvalue weighted by Crippen LogP contribution is -2.42. The first kappa shape index (κ1) is 24.0. The summed E-state index contributed by atoms with van der Waals surface area (Å²) in [6.45, 7) is 2.47. The summed E-state index contributed by atoms with van der Waals surface area (Å²) in [5.41, 5.74) is -1.22. The predicted molar refractivity (Wildman–Crippen MR) is 131 cm³/mol. The summed E-state index contributed by atoms with van der Waals surface area (Å²) >= 11 is 0. The molecule has 0 radical (unpaired) electrons. The van der Waals surface area contributed by atoms with Gasteiger partial charge in [0.1, 0.15) is 5.82 Å². The van der Waals surface area contributed by atoms with Crippen molar-refractivity contribution < 1.29 is 18.0 Å². The quantitative estimate of drug-likeness (QED) is 0.339. The monoisotopic (exact) mass is 507 g/mol. The minimum absolute atomic E-state index is 0.101. The zero-order valence-electron chi connectivity index (χ0n) is 19.4. The van der Waals surface area contributed by atoms with Crippen LogP contribution in [0.25, 0.3) is 11.3 Å². The van der Waals surface area contributed by atoms with Gasteiger partial charge in [0.2, 0.25) is 5.95 Å². The van der Waals surface area contributed by atoms with Crippen molar-refractivity contribution in [2.24, 2.45) is 10.2 Å². The molecule has 37 heavy (non-hydrogen) atoms. The third-order valence-corrected chi connectivity index (χ3v) is 5.97. The first-order chi connectivity index (χ1) is 17.7. The van der Waals surface area contributed by atoms with Crippen LogP contribution < -0.4 is 20.9 Å². The Bertz CT molecular complexity index is 1430. The van der Waals surface area contributed by atoms with E-state index in [1.54, 1.807) is 18.2 Å². The highest BCUT2D eigenvalue weighted by molar-refractivity contribution is 6.03. The van der Waals surface area contributed by atoms with Crippen LogP contribution in [-0.2, 0) is 5.66 Å². The first-order valence-corrected chi connectivity index (χ1v) is 11.2. The lowest BCUT2D eigenvalue weighted by atomic mass is 9.99. The van der Waals surface area contributed by atoms with Crippen molar-refractivity contribution in [1.29, 1.82) is 0 Å². The Morgan fingerprint density at radius 1 is 1.22 bits per heavy atom. The number of nitrogens with zero attached hydrogens (tertiary/aromatic N) is 6. The number of pyridine rings is 1. The van der Waals surface area contributed by atoms with Gasteiger partial charge in [0.15, 0.2) is 5.82 Å². The number of aromatic nitrogens is 3. The topological polar surface area (TPSA) is 120 Å². The average molecular weight is 507 g/mol. The number of halogens is 3. The third kappa shape index (κ3) is 4.49. The van der Waals surface area contributed by atoms with Crippen LogP contribution in [0.15, 0.2) is 58.9 Å². The van der Waals surface area contributed by atoms with Gasteiger partial charge in [-0.2, -0.15) is 18.2 Å². The number of anilines is 4. The fraction of sp³-hybridized carbons (Fsp3) is 0.250. The molecular weight excluding hydrogens is 487 g/mol. The third-order valence-electron chi connectivity index (χ3n) is 5.97. The van der Waals surface area contributed by atoms with Gasteiger partial charge in [-0.1, -0.05) is 24.6 Å². The highest BCUT2D eigenvalue weighted by Gasteiger charge is 2.65. The lowest BCUT2D eigenvalue weighted by Gasteiger charge is -2.27. The van der Waals surface area contributed by atoms with E-state index in [0.29, 0.717) is 35.7 Å². The summed E-state index contributed by atoms with van der Waals surface area (Å²) in [7, 11) is 0. The number of amides is 2. The number of benzene rings is 1. The maximum Gasteiger partial charge on any atom is 0.442 e. The Morgan fingerprint density at radius 2 is 2.03 bits per heavy atom. The average Bonchev–Trinajstić information content (AvgIpc) is 3.69. The molecule has 0 bridgehead atoms. The molecule has 3 N–H and O–H groups in total. The summed E-state index contributed by atoms with van der Waals surface area (Å²) in [6.07, 6.45) is 2.65. The van der Waals surface area contributed by atoms with E-state index in [-0.39, 0.29) is 23.4 Å². The van der Waals surface area contributed by atoms with Gasteiger partial charge in [-0.3, -0.25) is 15.5 Å². The number of carbonyl (C=O) groups is 1. The molecule has 1 atom stereocenters. The van der Waals surface area contributed by atoms with Gasteiger partial charge in [-0.25, -0.2) is 14.8 Å². The van der Waals surface area contributed by atoms with E-state index in [1.165, 1.54) is 35.4 Å². The lowest BCUT2D eigenvalue weighted by molar-refractivity contribution is -0.166. The van der Waals surface area contributed by atoms with E-state index in [2.05, 4.69) is 47.2 Å². The van der Waals surface area contributed by atoms with E-state index in [1.807, 2.05) is 6.92 Å². The first-order valence-electron chi connectivity index (χ1n) is 11.2. The molecule has 2 aliphatic heterocycles. The van der Waals surface area contributed by atoms with Gasteiger partial charge >= 0.3 is 17.9 Å². The second-order valence-electron chi connectivity index (χ2n) is 8.42. The summed E-state index contributed by atoms with van der Waals surface area (Å²) < 4.78 is 40.6. The van der Waals surface area contributed by atoms with E-state index >= 15 is 0 Å². The van der Waals surface area contributed by atoms with Crippen molar-refractivity contribution in [2.45, 2.75) is 31.2 Å². The van der Waals surface area contributed by atoms with Crippen LogP contribution in [0.2, 0.25) is 0 Å². The number of terminal acetylenes is 1. The zero-order valence-corrected chi connectivity index (χ0v) is 19.4. The molecule has 3 aromatic rings. The normalized spacial score (nSPS) is 17.6. The molecule has 0 fully saturated rings. The van der Waals surface area contributed by atoms with Crippen LogP contribution in [0.1, 0.15) is 18.9 Å². The van der Waals surface area contributed by atoms with Crippen molar-refractivity contribution >= 4 is 29.3 Å². The second kappa shape index (κ2) is 9.05. The minimum Gasteiger partial charge on any atom is -0.382 e. The van der Waals surface area contributed by atoms with E-state index in [4.69, 9.17) is 6.42 Å². The molecule has 1 aromatic carbocycles. The van der Waals surface area contributed by atoms with Crippen LogP contribution in [0.5, 0.6) is 0 Å². The Hall–Kier alpha value is -4.73. The molecule has 0 aliphatic carbocycles. The Labute approximate surface area is 209 Å². The molecule has 0 spiro atoms. The summed E-state index contributed by atoms with van der Waals surface area (Å²) in [5, 5.41) is 15.1. The Morgan fingerprint density at radius 3 is 2.76 bits per heavy atom. The van der Waals surface area contributed by atoms with Gasteiger partial charge < -0.3 is 5.32 Å². The zero-order chi connectivity index (χ0) is 26.2. The number of nitrogens with one attached hydrogen (secondary N) is 3. The number of carbonyl (C=O) groups excluding carboxylic acids is 1. The molecule has 0 unspecified atom stereocenters. The van der Waals surface area contributed by atoms with Crippen LogP contribution in [0, 0.1) is 12.5 Å². The van der Waals surface area contributed by atoms with Gasteiger partial charge in [-0.05, 0) is 37.6 Å². The van der Waals surface area contributed by atoms with Crippen LogP contribution in [0.4, 0.5) is 41.2 Å². The van der Waals surface area contributed by atoms with Gasteiger partial charge in [0.05, 0.1) is 11.4 Å². The van der Waals surface area contributed by atoms with Gasteiger partial charge in [0.25, 0.3) is 0 Å². The van der Waals surface area contributed by atoms with Crippen molar-refractivity contribution in [3.8, 4) is 23.7 Å². The largest absolute Gasteiger partial charge is 0.442 e. The molecule has 2 amide bonds. The minimum atomic E-state index is -4.64. The van der Waals surface area contributed by atoms with Crippen molar-refractivity contribution in [1.82, 2.24) is 15.0 Å². The second-order valence-corrected chi connectivity index (χ2v) is 8.42. The van der Waals surface area contributed by atoms with E-state index < -0.39 is 17.9 Å². The van der Waals surface area contributed by atoms with Crippen molar-refractivity contribution in [3.63, 3.8) is 0 Å². The highest BCUT2D eigenvalue weighted by Crippen LogP contribution is 2.52. The number of urea groups is 1. The number of alkyl halides is 3. The molecule has 188 valence electrons. The van der Waals surface area contributed by atoms with Crippen LogP contribution in [-0.4, -0.2) is 39.7 Å².